The molecule has 0 aliphatic heterocycles. The molecule has 31 heavy (non-hydrogen) atoms. The number of aromatic carboxylic acids is 1. The summed E-state index contributed by atoms with van der Waals surface area (Å²) in [6, 6.07) is 17.7. The monoisotopic (exact) mass is 423 g/mol. The molecule has 0 aliphatic carbocycles. The number of H-pyrrole nitrogens is 1. The standard InChI is InChI=1S/C22H21N3O6/c26-19(22(30)31)11-16(23-20(27)17-12-18(21(28)29)25-24-17)10-13-6-8-15(9-7-13)14-4-2-1-3-5-14/h1-9,12,16,19,26H,10-11H2,(H,23,27)(H,24,25)(H,28,29)(H,30,31)/t16-,19+/m0/s1. The van der Waals surface area contributed by atoms with Crippen molar-refractivity contribution in [3.63, 3.8) is 0 Å². The molecule has 2 aromatic carbocycles. The van der Waals surface area contributed by atoms with Crippen LogP contribution < -0.4 is 5.32 Å². The van der Waals surface area contributed by atoms with Crippen molar-refractivity contribution in [1.82, 2.24) is 15.5 Å². The van der Waals surface area contributed by atoms with Gasteiger partial charge in [0.2, 0.25) is 0 Å². The first kappa shape index (κ1) is 21.7. The zero-order valence-electron chi connectivity index (χ0n) is 16.4. The average molecular weight is 423 g/mol. The van der Waals surface area contributed by atoms with E-state index in [1.807, 2.05) is 54.6 Å². The van der Waals surface area contributed by atoms with Crippen LogP contribution in [0.1, 0.15) is 33.0 Å². The Morgan fingerprint density at radius 1 is 0.968 bits per heavy atom. The maximum atomic E-state index is 12.5. The van der Waals surface area contributed by atoms with E-state index in [0.717, 1.165) is 22.8 Å². The van der Waals surface area contributed by atoms with Gasteiger partial charge in [0.15, 0.2) is 11.8 Å². The van der Waals surface area contributed by atoms with Crippen LogP contribution in [0.15, 0.2) is 60.7 Å². The van der Waals surface area contributed by atoms with Gasteiger partial charge in [0.1, 0.15) is 5.69 Å². The zero-order valence-corrected chi connectivity index (χ0v) is 16.4. The Kier molecular flexibility index (Phi) is 6.78. The minimum atomic E-state index is -1.66. The lowest BCUT2D eigenvalue weighted by molar-refractivity contribution is -0.147. The number of benzene rings is 2. The average Bonchev–Trinajstić information content (AvgIpc) is 3.25. The third-order valence-corrected chi connectivity index (χ3v) is 4.71. The van der Waals surface area contributed by atoms with Crippen molar-refractivity contribution in [2.45, 2.75) is 25.0 Å². The van der Waals surface area contributed by atoms with Gasteiger partial charge in [-0.2, -0.15) is 5.10 Å². The number of carboxylic acids is 2. The van der Waals surface area contributed by atoms with Gasteiger partial charge in [0, 0.05) is 18.5 Å². The third kappa shape index (κ3) is 5.77. The fourth-order valence-corrected chi connectivity index (χ4v) is 3.12. The number of nitrogens with zero attached hydrogens (tertiary/aromatic N) is 1. The van der Waals surface area contributed by atoms with E-state index in [9.17, 15) is 19.5 Å². The third-order valence-electron chi connectivity index (χ3n) is 4.71. The van der Waals surface area contributed by atoms with E-state index in [1.54, 1.807) is 0 Å². The summed E-state index contributed by atoms with van der Waals surface area (Å²) in [4.78, 5) is 34.5. The number of amides is 1. The van der Waals surface area contributed by atoms with E-state index >= 15 is 0 Å². The molecule has 0 radical (unpaired) electrons. The largest absolute Gasteiger partial charge is 0.479 e. The van der Waals surface area contributed by atoms with E-state index in [4.69, 9.17) is 10.2 Å². The summed E-state index contributed by atoms with van der Waals surface area (Å²) < 4.78 is 0. The molecule has 5 N–H and O–H groups in total. The van der Waals surface area contributed by atoms with Gasteiger partial charge < -0.3 is 20.6 Å². The van der Waals surface area contributed by atoms with Crippen LogP contribution in [0.5, 0.6) is 0 Å². The summed E-state index contributed by atoms with van der Waals surface area (Å²) in [5.41, 5.74) is 2.49. The summed E-state index contributed by atoms with van der Waals surface area (Å²) in [7, 11) is 0. The minimum Gasteiger partial charge on any atom is -0.479 e. The SMILES string of the molecule is O=C(N[C@@H](Cc1ccc(-c2ccccc2)cc1)C[C@@H](O)C(=O)O)c1cc(C(=O)O)[nH]n1. The molecule has 0 bridgehead atoms. The number of aromatic amines is 1. The highest BCUT2D eigenvalue weighted by atomic mass is 16.4. The smallest absolute Gasteiger partial charge is 0.353 e. The summed E-state index contributed by atoms with van der Waals surface area (Å²) >= 11 is 0. The lowest BCUT2D eigenvalue weighted by Crippen LogP contribution is -2.40. The Morgan fingerprint density at radius 2 is 1.61 bits per heavy atom. The second kappa shape index (κ2) is 9.68. The number of hydrogen-bond acceptors (Lipinski definition) is 5. The highest BCUT2D eigenvalue weighted by Gasteiger charge is 2.24. The minimum absolute atomic E-state index is 0.147. The molecule has 0 aliphatic rings. The summed E-state index contributed by atoms with van der Waals surface area (Å²) in [6.07, 6.45) is -1.62. The Balaban J connectivity index is 1.74. The maximum Gasteiger partial charge on any atom is 0.353 e. The quantitative estimate of drug-likeness (QED) is 0.353. The normalized spacial score (nSPS) is 12.7. The highest BCUT2D eigenvalue weighted by Crippen LogP contribution is 2.20. The number of aromatic nitrogens is 2. The van der Waals surface area contributed by atoms with Gasteiger partial charge in [-0.25, -0.2) is 9.59 Å². The molecule has 0 unspecified atom stereocenters. The first-order valence-corrected chi connectivity index (χ1v) is 9.48. The number of carboxylic acid groups (broad SMARTS) is 2. The summed E-state index contributed by atoms with van der Waals surface area (Å²) in [5.74, 6) is -3.33. The van der Waals surface area contributed by atoms with Crippen molar-refractivity contribution in [3.8, 4) is 11.1 Å². The molecule has 3 rings (SSSR count). The molecule has 160 valence electrons. The topological polar surface area (TPSA) is 153 Å². The van der Waals surface area contributed by atoms with Crippen LogP contribution in [0.2, 0.25) is 0 Å². The molecule has 9 heteroatoms. The molecule has 1 aromatic heterocycles. The molecule has 0 spiro atoms. The Hall–Kier alpha value is -3.98. The second-order valence-corrected chi connectivity index (χ2v) is 7.00. The first-order chi connectivity index (χ1) is 14.8. The molecule has 0 saturated heterocycles. The molecule has 1 amide bonds. The van der Waals surface area contributed by atoms with Gasteiger partial charge in [0.25, 0.3) is 5.91 Å². The number of aliphatic hydroxyl groups is 1. The Labute approximate surface area is 177 Å². The molecule has 1 heterocycles. The first-order valence-electron chi connectivity index (χ1n) is 9.48. The molecular formula is C22H21N3O6. The van der Waals surface area contributed by atoms with Gasteiger partial charge >= 0.3 is 11.9 Å². The van der Waals surface area contributed by atoms with Crippen molar-refractivity contribution in [2.75, 3.05) is 0 Å². The van der Waals surface area contributed by atoms with Crippen LogP contribution >= 0.6 is 0 Å². The number of carbonyl (C=O) groups is 3. The van der Waals surface area contributed by atoms with Crippen LogP contribution in [0.25, 0.3) is 11.1 Å². The second-order valence-electron chi connectivity index (χ2n) is 7.00. The summed E-state index contributed by atoms with van der Waals surface area (Å²) in [6.45, 7) is 0. The summed E-state index contributed by atoms with van der Waals surface area (Å²) in [5, 5.41) is 36.3. The Morgan fingerprint density at radius 3 is 2.19 bits per heavy atom. The van der Waals surface area contributed by atoms with Crippen LogP contribution in [-0.4, -0.2) is 55.5 Å². The molecule has 0 fully saturated rings. The highest BCUT2D eigenvalue weighted by molar-refractivity contribution is 5.95. The van der Waals surface area contributed by atoms with E-state index in [-0.39, 0.29) is 24.2 Å². The number of aliphatic hydroxyl groups excluding tert-OH is 1. The lowest BCUT2D eigenvalue weighted by Gasteiger charge is -2.20. The fourth-order valence-electron chi connectivity index (χ4n) is 3.12. The number of hydrogen-bond donors (Lipinski definition) is 5. The zero-order chi connectivity index (χ0) is 22.4. The van der Waals surface area contributed by atoms with Crippen LogP contribution in [0.3, 0.4) is 0 Å². The van der Waals surface area contributed by atoms with Gasteiger partial charge in [-0.3, -0.25) is 9.89 Å². The van der Waals surface area contributed by atoms with Gasteiger partial charge in [-0.05, 0) is 23.1 Å². The molecular weight excluding hydrogens is 402 g/mol. The van der Waals surface area contributed by atoms with Crippen molar-refractivity contribution in [2.24, 2.45) is 0 Å². The van der Waals surface area contributed by atoms with E-state index in [2.05, 4.69) is 15.5 Å². The Bertz CT molecular complexity index is 1060. The van der Waals surface area contributed by atoms with E-state index in [1.165, 1.54) is 0 Å². The molecule has 3 aromatic rings. The van der Waals surface area contributed by atoms with Crippen LogP contribution in [0.4, 0.5) is 0 Å². The van der Waals surface area contributed by atoms with E-state index in [0.29, 0.717) is 0 Å². The molecule has 9 nitrogen and oxygen atoms in total. The predicted octanol–water partition coefficient (Wildman–Crippen LogP) is 1.95. The van der Waals surface area contributed by atoms with Gasteiger partial charge in [-0.1, -0.05) is 54.6 Å². The maximum absolute atomic E-state index is 12.5. The number of nitrogens with one attached hydrogen (secondary N) is 2. The van der Waals surface area contributed by atoms with Crippen LogP contribution in [-0.2, 0) is 11.2 Å². The fraction of sp³-hybridized carbons (Fsp3) is 0.182. The van der Waals surface area contributed by atoms with E-state index < -0.39 is 30.0 Å². The predicted molar refractivity (Wildman–Crippen MR) is 111 cm³/mol. The molecule has 2 atom stereocenters. The van der Waals surface area contributed by atoms with Crippen molar-refractivity contribution < 1.29 is 29.7 Å². The van der Waals surface area contributed by atoms with Crippen LogP contribution in [0, 0.1) is 0 Å². The van der Waals surface area contributed by atoms with Gasteiger partial charge in [0.05, 0.1) is 0 Å². The number of rotatable bonds is 9. The van der Waals surface area contributed by atoms with Crippen molar-refractivity contribution in [1.29, 1.82) is 0 Å². The number of aliphatic carboxylic acids is 1. The van der Waals surface area contributed by atoms with Crippen molar-refractivity contribution >= 4 is 17.8 Å². The molecule has 0 saturated carbocycles. The number of carbonyl (C=O) groups excluding carboxylic acids is 1. The van der Waals surface area contributed by atoms with Crippen molar-refractivity contribution in [3.05, 3.63) is 77.6 Å². The van der Waals surface area contributed by atoms with Gasteiger partial charge in [-0.15, -0.1) is 0 Å². The lowest BCUT2D eigenvalue weighted by atomic mass is 9.97.